The highest BCUT2D eigenvalue weighted by Crippen LogP contribution is 2.23. The fourth-order valence-electron chi connectivity index (χ4n) is 1.78. The topological polar surface area (TPSA) is 73.8 Å². The summed E-state index contributed by atoms with van der Waals surface area (Å²) in [5.41, 5.74) is 4.82. The third-order valence-corrected chi connectivity index (χ3v) is 3.38. The van der Waals surface area contributed by atoms with Gasteiger partial charge in [0.1, 0.15) is 5.75 Å². The van der Waals surface area contributed by atoms with Crippen LogP contribution in [0.4, 0.5) is 5.69 Å². The third kappa shape index (κ3) is 3.77. The number of halogens is 1. The lowest BCUT2D eigenvalue weighted by molar-refractivity contribution is -0.255. The molecule has 0 aliphatic rings. The smallest absolute Gasteiger partial charge is 0.118 e. The van der Waals surface area contributed by atoms with Crippen LogP contribution in [-0.4, -0.2) is 18.8 Å². The maximum absolute atomic E-state index is 10.9. The zero-order valence-electron chi connectivity index (χ0n) is 12.1. The maximum Gasteiger partial charge on any atom is 0.118 e. The highest BCUT2D eigenvalue weighted by atomic mass is 35.5. The van der Waals surface area contributed by atoms with E-state index in [1.807, 2.05) is 31.2 Å². The SMILES string of the molecule is COc1ccc(/C(C)=N\Nc2cc(C(=O)[O-])ccc2Cl)cc1. The molecule has 0 bridgehead atoms. The van der Waals surface area contributed by atoms with Gasteiger partial charge in [-0.3, -0.25) is 5.43 Å². The van der Waals surface area contributed by atoms with E-state index in [0.29, 0.717) is 10.7 Å². The van der Waals surface area contributed by atoms with Crippen molar-refractivity contribution >= 4 is 29.0 Å². The van der Waals surface area contributed by atoms with Crippen LogP contribution < -0.4 is 15.3 Å². The molecule has 0 atom stereocenters. The Balaban J connectivity index is 2.19. The number of hydrogen-bond acceptors (Lipinski definition) is 5. The first kappa shape index (κ1) is 15.9. The quantitative estimate of drug-likeness (QED) is 0.679. The minimum absolute atomic E-state index is 0.0317. The molecule has 1 N–H and O–H groups in total. The molecule has 2 rings (SSSR count). The maximum atomic E-state index is 10.9. The molecular formula is C16H14ClN2O3-. The Kier molecular flexibility index (Phi) is 5.01. The average molecular weight is 318 g/mol. The fraction of sp³-hybridized carbons (Fsp3) is 0.125. The summed E-state index contributed by atoms with van der Waals surface area (Å²) < 4.78 is 5.10. The first-order chi connectivity index (χ1) is 10.5. The zero-order chi connectivity index (χ0) is 16.1. The van der Waals surface area contributed by atoms with Crippen molar-refractivity contribution in [2.75, 3.05) is 12.5 Å². The third-order valence-electron chi connectivity index (χ3n) is 3.05. The number of anilines is 1. The number of rotatable bonds is 5. The second-order valence-electron chi connectivity index (χ2n) is 4.52. The Bertz CT molecular complexity index is 712. The number of carbonyl (C=O) groups is 1. The van der Waals surface area contributed by atoms with Gasteiger partial charge in [0, 0.05) is 0 Å². The molecule has 6 heteroatoms. The summed E-state index contributed by atoms with van der Waals surface area (Å²) in [5.74, 6) is -0.509. The molecule has 0 unspecified atom stereocenters. The van der Waals surface area contributed by atoms with Crippen molar-refractivity contribution in [1.82, 2.24) is 0 Å². The summed E-state index contributed by atoms with van der Waals surface area (Å²) in [4.78, 5) is 10.9. The molecule has 0 radical (unpaired) electrons. The lowest BCUT2D eigenvalue weighted by atomic mass is 10.1. The van der Waals surface area contributed by atoms with Crippen LogP contribution in [0.15, 0.2) is 47.6 Å². The standard InChI is InChI=1S/C16H15ClN2O3/c1-10(11-3-6-13(22-2)7-4-11)18-19-15-9-12(16(20)21)5-8-14(15)17/h3-9,19H,1-2H3,(H,20,21)/p-1/b18-10-. The first-order valence-electron chi connectivity index (χ1n) is 6.47. The fourth-order valence-corrected chi connectivity index (χ4v) is 1.94. The number of ether oxygens (including phenoxy) is 1. The molecule has 22 heavy (non-hydrogen) atoms. The zero-order valence-corrected chi connectivity index (χ0v) is 12.8. The number of carboxylic acids is 1. The van der Waals surface area contributed by atoms with Gasteiger partial charge in [-0.2, -0.15) is 5.10 Å². The number of benzene rings is 2. The molecule has 0 spiro atoms. The molecule has 0 saturated carbocycles. The van der Waals surface area contributed by atoms with E-state index in [1.165, 1.54) is 18.2 Å². The second-order valence-corrected chi connectivity index (χ2v) is 4.93. The molecule has 0 amide bonds. The van der Waals surface area contributed by atoms with Crippen LogP contribution in [0.5, 0.6) is 5.75 Å². The molecule has 0 fully saturated rings. The molecule has 0 aliphatic heterocycles. The Labute approximate surface area is 133 Å². The van der Waals surface area contributed by atoms with E-state index in [9.17, 15) is 9.90 Å². The number of carboxylic acid groups (broad SMARTS) is 1. The van der Waals surface area contributed by atoms with Gasteiger partial charge in [0.05, 0.1) is 29.5 Å². The summed E-state index contributed by atoms with van der Waals surface area (Å²) in [5, 5.41) is 15.4. The molecular weight excluding hydrogens is 304 g/mol. The largest absolute Gasteiger partial charge is 0.545 e. The number of hydrazone groups is 1. The molecule has 0 aliphatic carbocycles. The van der Waals surface area contributed by atoms with Crippen molar-refractivity contribution in [3.05, 3.63) is 58.6 Å². The molecule has 114 valence electrons. The van der Waals surface area contributed by atoms with E-state index in [-0.39, 0.29) is 5.56 Å². The minimum Gasteiger partial charge on any atom is -0.545 e. The van der Waals surface area contributed by atoms with Crippen molar-refractivity contribution in [2.45, 2.75) is 6.92 Å². The molecule has 0 saturated heterocycles. The van der Waals surface area contributed by atoms with Gasteiger partial charge < -0.3 is 14.6 Å². The van der Waals surface area contributed by atoms with Gasteiger partial charge in [0.2, 0.25) is 0 Å². The highest BCUT2D eigenvalue weighted by Gasteiger charge is 2.03. The monoisotopic (exact) mass is 317 g/mol. The predicted octanol–water partition coefficient (Wildman–Crippen LogP) is 2.55. The Hall–Kier alpha value is -2.53. The second kappa shape index (κ2) is 6.95. The molecule has 5 nitrogen and oxygen atoms in total. The number of nitrogens with one attached hydrogen (secondary N) is 1. The van der Waals surface area contributed by atoms with Crippen molar-refractivity contribution in [2.24, 2.45) is 5.10 Å². The van der Waals surface area contributed by atoms with Crippen LogP contribution in [0.2, 0.25) is 5.02 Å². The summed E-state index contributed by atoms with van der Waals surface area (Å²) in [6, 6.07) is 11.6. The van der Waals surface area contributed by atoms with Gasteiger partial charge in [-0.05, 0) is 54.4 Å². The van der Waals surface area contributed by atoms with E-state index >= 15 is 0 Å². The summed E-state index contributed by atoms with van der Waals surface area (Å²) in [6.45, 7) is 1.82. The number of hydrogen-bond donors (Lipinski definition) is 1. The van der Waals surface area contributed by atoms with E-state index in [1.54, 1.807) is 7.11 Å². The van der Waals surface area contributed by atoms with E-state index in [4.69, 9.17) is 16.3 Å². The van der Waals surface area contributed by atoms with Crippen molar-refractivity contribution in [3.63, 3.8) is 0 Å². The molecule has 2 aromatic rings. The molecule has 2 aromatic carbocycles. The van der Waals surface area contributed by atoms with Gasteiger partial charge in [0.25, 0.3) is 0 Å². The van der Waals surface area contributed by atoms with Gasteiger partial charge in [-0.15, -0.1) is 0 Å². The lowest BCUT2D eigenvalue weighted by Crippen LogP contribution is -2.22. The van der Waals surface area contributed by atoms with Gasteiger partial charge in [0.15, 0.2) is 0 Å². The minimum atomic E-state index is -1.27. The van der Waals surface area contributed by atoms with Crippen LogP contribution in [0.25, 0.3) is 0 Å². The van der Waals surface area contributed by atoms with Crippen molar-refractivity contribution in [1.29, 1.82) is 0 Å². The van der Waals surface area contributed by atoms with Crippen LogP contribution in [0.3, 0.4) is 0 Å². The Morgan fingerprint density at radius 1 is 1.18 bits per heavy atom. The average Bonchev–Trinajstić information content (AvgIpc) is 2.53. The van der Waals surface area contributed by atoms with Gasteiger partial charge in [-0.25, -0.2) is 0 Å². The normalized spacial score (nSPS) is 11.1. The van der Waals surface area contributed by atoms with Crippen molar-refractivity contribution < 1.29 is 14.6 Å². The van der Waals surface area contributed by atoms with Gasteiger partial charge in [-0.1, -0.05) is 17.7 Å². The van der Waals surface area contributed by atoms with E-state index in [0.717, 1.165) is 17.0 Å². The lowest BCUT2D eigenvalue weighted by Gasteiger charge is -2.09. The van der Waals surface area contributed by atoms with Crippen LogP contribution in [-0.2, 0) is 0 Å². The highest BCUT2D eigenvalue weighted by molar-refractivity contribution is 6.33. The van der Waals surface area contributed by atoms with Crippen LogP contribution in [0, 0.1) is 0 Å². The van der Waals surface area contributed by atoms with Crippen molar-refractivity contribution in [3.8, 4) is 5.75 Å². The summed E-state index contributed by atoms with van der Waals surface area (Å²) in [7, 11) is 1.60. The number of carbonyl (C=O) groups excluding carboxylic acids is 1. The van der Waals surface area contributed by atoms with E-state index < -0.39 is 5.97 Å². The summed E-state index contributed by atoms with van der Waals surface area (Å²) >= 11 is 6.01. The first-order valence-corrected chi connectivity index (χ1v) is 6.84. The molecule has 0 heterocycles. The summed E-state index contributed by atoms with van der Waals surface area (Å²) in [6.07, 6.45) is 0. The Morgan fingerprint density at radius 2 is 1.82 bits per heavy atom. The number of methoxy groups -OCH3 is 1. The molecule has 0 aromatic heterocycles. The van der Waals surface area contributed by atoms with Gasteiger partial charge >= 0.3 is 0 Å². The number of nitrogens with zero attached hydrogens (tertiary/aromatic N) is 1. The Morgan fingerprint density at radius 3 is 2.41 bits per heavy atom. The van der Waals surface area contributed by atoms with Crippen LogP contribution in [0.1, 0.15) is 22.8 Å². The number of aromatic carboxylic acids is 1. The van der Waals surface area contributed by atoms with Crippen LogP contribution >= 0.6 is 11.6 Å². The predicted molar refractivity (Wildman–Crippen MR) is 84.6 cm³/mol. The van der Waals surface area contributed by atoms with E-state index in [2.05, 4.69) is 10.5 Å².